The number of hydrogen-bond donors (Lipinski definition) is 0. The Bertz CT molecular complexity index is 987. The molecular formula is C17H18N4O2. The van der Waals surface area contributed by atoms with Crippen LogP contribution in [0.2, 0.25) is 0 Å². The molecule has 2 heterocycles. The van der Waals surface area contributed by atoms with E-state index in [1.54, 1.807) is 18.5 Å². The standard InChI is InChI=1S/C17H18N4O2/c1-4-5-6-21-17(23)20-8-7-19(16(22)15(20)18-21)14-10-12(2)9-13(3)11-14/h4,7-11H,1,5-6H2,2-3H3. The number of allylic oxidation sites excluding steroid dienone is 1. The monoisotopic (exact) mass is 310 g/mol. The van der Waals surface area contributed by atoms with Crippen LogP contribution in [0.15, 0.2) is 52.8 Å². The number of aromatic nitrogens is 4. The molecular weight excluding hydrogens is 292 g/mol. The van der Waals surface area contributed by atoms with Crippen molar-refractivity contribution in [2.45, 2.75) is 26.8 Å². The largest absolute Gasteiger partial charge is 0.350 e. The summed E-state index contributed by atoms with van der Waals surface area (Å²) >= 11 is 0. The van der Waals surface area contributed by atoms with E-state index in [2.05, 4.69) is 11.7 Å². The summed E-state index contributed by atoms with van der Waals surface area (Å²) in [5.41, 5.74) is 2.41. The summed E-state index contributed by atoms with van der Waals surface area (Å²) < 4.78 is 4.09. The van der Waals surface area contributed by atoms with E-state index in [-0.39, 0.29) is 16.9 Å². The van der Waals surface area contributed by atoms with Crippen LogP contribution in [0, 0.1) is 13.8 Å². The van der Waals surface area contributed by atoms with E-state index < -0.39 is 0 Å². The maximum atomic E-state index is 12.7. The van der Waals surface area contributed by atoms with Crippen LogP contribution in [0.1, 0.15) is 17.5 Å². The number of fused-ring (bicyclic) bond motifs is 1. The normalized spacial score (nSPS) is 11.0. The number of benzene rings is 1. The van der Waals surface area contributed by atoms with Crippen LogP contribution in [0.25, 0.3) is 11.3 Å². The molecule has 1 aromatic carbocycles. The second kappa shape index (κ2) is 5.72. The van der Waals surface area contributed by atoms with Crippen molar-refractivity contribution in [2.75, 3.05) is 0 Å². The summed E-state index contributed by atoms with van der Waals surface area (Å²) in [6.45, 7) is 8.00. The minimum absolute atomic E-state index is 0.126. The van der Waals surface area contributed by atoms with Crippen molar-refractivity contribution in [1.29, 1.82) is 0 Å². The molecule has 0 aliphatic rings. The Kier molecular flexibility index (Phi) is 3.73. The molecule has 3 aromatic rings. The first-order valence-electron chi connectivity index (χ1n) is 7.41. The van der Waals surface area contributed by atoms with Crippen molar-refractivity contribution in [2.24, 2.45) is 0 Å². The topological polar surface area (TPSA) is 61.3 Å². The van der Waals surface area contributed by atoms with Crippen LogP contribution in [-0.4, -0.2) is 18.7 Å². The Morgan fingerprint density at radius 1 is 1.13 bits per heavy atom. The molecule has 0 atom stereocenters. The summed E-state index contributed by atoms with van der Waals surface area (Å²) in [6.07, 6.45) is 5.51. The van der Waals surface area contributed by atoms with Crippen molar-refractivity contribution >= 4 is 5.65 Å². The SMILES string of the molecule is C=CCCn1nc2c(=O)n(-c3cc(C)cc(C)c3)ccn2c1=O. The zero-order chi connectivity index (χ0) is 16.6. The molecule has 23 heavy (non-hydrogen) atoms. The molecule has 0 aliphatic carbocycles. The minimum atomic E-state index is -0.313. The smallest absolute Gasteiger partial charge is 0.280 e. The van der Waals surface area contributed by atoms with Crippen LogP contribution in [0.4, 0.5) is 0 Å². The van der Waals surface area contributed by atoms with Gasteiger partial charge in [0.2, 0.25) is 5.65 Å². The van der Waals surface area contributed by atoms with Crippen LogP contribution in [0.5, 0.6) is 0 Å². The van der Waals surface area contributed by atoms with Gasteiger partial charge in [0.05, 0.1) is 0 Å². The lowest BCUT2D eigenvalue weighted by molar-refractivity contribution is 0.601. The highest BCUT2D eigenvalue weighted by atomic mass is 16.2. The second-order valence-electron chi connectivity index (χ2n) is 5.60. The van der Waals surface area contributed by atoms with Gasteiger partial charge in [0.15, 0.2) is 0 Å². The van der Waals surface area contributed by atoms with Gasteiger partial charge in [-0.15, -0.1) is 11.7 Å². The predicted molar refractivity (Wildman–Crippen MR) is 89.3 cm³/mol. The Morgan fingerprint density at radius 2 is 1.83 bits per heavy atom. The first-order valence-corrected chi connectivity index (χ1v) is 7.41. The summed E-state index contributed by atoms with van der Waals surface area (Å²) in [5, 5.41) is 4.17. The number of rotatable bonds is 4. The molecule has 2 aromatic heterocycles. The van der Waals surface area contributed by atoms with Gasteiger partial charge in [-0.2, -0.15) is 0 Å². The van der Waals surface area contributed by atoms with Crippen molar-refractivity contribution in [3.63, 3.8) is 0 Å². The number of hydrogen-bond acceptors (Lipinski definition) is 3. The lowest BCUT2D eigenvalue weighted by Crippen LogP contribution is -2.24. The van der Waals surface area contributed by atoms with Crippen LogP contribution in [-0.2, 0) is 6.54 Å². The third-order valence-corrected chi connectivity index (χ3v) is 3.68. The van der Waals surface area contributed by atoms with Crippen LogP contribution >= 0.6 is 0 Å². The van der Waals surface area contributed by atoms with E-state index in [1.807, 2.05) is 32.0 Å². The molecule has 0 radical (unpaired) electrons. The van der Waals surface area contributed by atoms with Crippen molar-refractivity contribution in [3.05, 3.63) is 75.2 Å². The molecule has 6 nitrogen and oxygen atoms in total. The first kappa shape index (κ1) is 15.0. The predicted octanol–water partition coefficient (Wildman–Crippen LogP) is 1.84. The molecule has 118 valence electrons. The number of aryl methyl sites for hydroxylation is 3. The van der Waals surface area contributed by atoms with Gasteiger partial charge in [-0.05, 0) is 43.5 Å². The highest BCUT2D eigenvalue weighted by Gasteiger charge is 2.12. The lowest BCUT2D eigenvalue weighted by Gasteiger charge is -2.07. The Labute approximate surface area is 132 Å². The van der Waals surface area contributed by atoms with E-state index in [0.717, 1.165) is 16.8 Å². The van der Waals surface area contributed by atoms with Crippen LogP contribution < -0.4 is 11.2 Å². The zero-order valence-corrected chi connectivity index (χ0v) is 13.2. The molecule has 3 rings (SSSR count). The summed E-state index contributed by atoms with van der Waals surface area (Å²) in [6, 6.07) is 5.90. The van der Waals surface area contributed by atoms with Crippen molar-refractivity contribution in [1.82, 2.24) is 18.7 Å². The summed E-state index contributed by atoms with van der Waals surface area (Å²) in [4.78, 5) is 24.9. The van der Waals surface area contributed by atoms with Gasteiger partial charge in [0, 0.05) is 24.6 Å². The highest BCUT2D eigenvalue weighted by molar-refractivity contribution is 5.43. The first-order chi connectivity index (χ1) is 11.0. The van der Waals surface area contributed by atoms with Gasteiger partial charge in [0.25, 0.3) is 0 Å². The van der Waals surface area contributed by atoms with E-state index in [9.17, 15) is 9.59 Å². The third-order valence-electron chi connectivity index (χ3n) is 3.68. The van der Waals surface area contributed by atoms with Gasteiger partial charge < -0.3 is 0 Å². The van der Waals surface area contributed by atoms with E-state index >= 15 is 0 Å². The Balaban J connectivity index is 2.21. The number of nitrogens with zero attached hydrogens (tertiary/aromatic N) is 4. The molecule has 0 aliphatic heterocycles. The zero-order valence-electron chi connectivity index (χ0n) is 13.2. The quantitative estimate of drug-likeness (QED) is 0.691. The summed E-state index contributed by atoms with van der Waals surface area (Å²) in [7, 11) is 0. The molecule has 0 bridgehead atoms. The Morgan fingerprint density at radius 3 is 2.48 bits per heavy atom. The van der Waals surface area contributed by atoms with Gasteiger partial charge in [-0.1, -0.05) is 12.1 Å². The van der Waals surface area contributed by atoms with Crippen molar-refractivity contribution in [3.8, 4) is 5.69 Å². The van der Waals surface area contributed by atoms with Gasteiger partial charge in [-0.3, -0.25) is 9.36 Å². The molecule has 0 fully saturated rings. The molecule has 0 spiro atoms. The molecule has 0 unspecified atom stereocenters. The fourth-order valence-electron chi connectivity index (χ4n) is 2.66. The van der Waals surface area contributed by atoms with Crippen molar-refractivity contribution < 1.29 is 0 Å². The second-order valence-corrected chi connectivity index (χ2v) is 5.60. The molecule has 0 amide bonds. The van der Waals surface area contributed by atoms with Gasteiger partial charge in [0.1, 0.15) is 0 Å². The van der Waals surface area contributed by atoms with Crippen LogP contribution in [0.3, 0.4) is 0 Å². The molecule has 0 N–H and O–H groups in total. The summed E-state index contributed by atoms with van der Waals surface area (Å²) in [5.74, 6) is 0. The lowest BCUT2D eigenvalue weighted by atomic mass is 10.1. The van der Waals surface area contributed by atoms with E-state index in [4.69, 9.17) is 0 Å². The van der Waals surface area contributed by atoms with E-state index in [1.165, 1.54) is 13.6 Å². The maximum Gasteiger partial charge on any atom is 0.350 e. The molecule has 6 heteroatoms. The highest BCUT2D eigenvalue weighted by Crippen LogP contribution is 2.12. The van der Waals surface area contributed by atoms with E-state index in [0.29, 0.717) is 13.0 Å². The van der Waals surface area contributed by atoms with Gasteiger partial charge >= 0.3 is 11.2 Å². The fraction of sp³-hybridized carbons (Fsp3) is 0.235. The maximum absolute atomic E-state index is 12.7. The average molecular weight is 310 g/mol. The van der Waals surface area contributed by atoms with Gasteiger partial charge in [-0.25, -0.2) is 13.9 Å². The average Bonchev–Trinajstić information content (AvgIpc) is 2.82. The third kappa shape index (κ3) is 2.63. The fourth-order valence-corrected chi connectivity index (χ4v) is 2.66. The molecule has 0 saturated heterocycles. The molecule has 0 saturated carbocycles. The Hall–Kier alpha value is -2.89. The minimum Gasteiger partial charge on any atom is -0.280 e.